The first kappa shape index (κ1) is 12.9. The zero-order valence-electron chi connectivity index (χ0n) is 10.4. The molecule has 1 heterocycles. The number of hydrogen-bond donors (Lipinski definition) is 3. The minimum Gasteiger partial charge on any atom is -0.508 e. The van der Waals surface area contributed by atoms with Crippen molar-refractivity contribution in [2.45, 2.75) is 13.0 Å². The van der Waals surface area contributed by atoms with Crippen LogP contribution in [0.2, 0.25) is 0 Å². The van der Waals surface area contributed by atoms with Crippen molar-refractivity contribution in [3.05, 3.63) is 42.2 Å². The van der Waals surface area contributed by atoms with Gasteiger partial charge >= 0.3 is 0 Å². The quantitative estimate of drug-likeness (QED) is 0.424. The number of carbonyl (C=O) groups is 1. The molecular formula is C13H16N4O2. The fourth-order valence-electron chi connectivity index (χ4n) is 1.71. The average Bonchev–Trinajstić information content (AvgIpc) is 2.90. The maximum absolute atomic E-state index is 11.9. The molecule has 0 unspecified atom stereocenters. The number of aryl methyl sites for hydroxylation is 1. The second kappa shape index (κ2) is 5.90. The van der Waals surface area contributed by atoms with Crippen LogP contribution < -0.4 is 11.1 Å². The molecule has 0 aliphatic rings. The average molecular weight is 260 g/mol. The van der Waals surface area contributed by atoms with Gasteiger partial charge in [0.1, 0.15) is 5.75 Å². The van der Waals surface area contributed by atoms with Crippen molar-refractivity contribution in [3.8, 4) is 5.75 Å². The van der Waals surface area contributed by atoms with Gasteiger partial charge in [0.05, 0.1) is 5.56 Å². The number of aromatic nitrogens is 2. The number of phenols is 1. The molecular weight excluding hydrogens is 244 g/mol. The third-order valence-electron chi connectivity index (χ3n) is 2.69. The van der Waals surface area contributed by atoms with E-state index in [1.807, 2.05) is 12.3 Å². The summed E-state index contributed by atoms with van der Waals surface area (Å²) in [6.07, 6.45) is 4.35. The molecule has 1 amide bonds. The SMILES string of the molecule is Nc1ccc(O)cc1C(=O)NCCCn1cccn1. The number of carbonyl (C=O) groups excluding carboxylic acids is 1. The summed E-state index contributed by atoms with van der Waals surface area (Å²) in [4.78, 5) is 11.9. The van der Waals surface area contributed by atoms with Crippen LogP contribution in [0.25, 0.3) is 0 Å². The second-order valence-electron chi connectivity index (χ2n) is 4.15. The predicted octanol–water partition coefficient (Wildman–Crippen LogP) is 0.991. The van der Waals surface area contributed by atoms with E-state index in [2.05, 4.69) is 10.4 Å². The first-order chi connectivity index (χ1) is 9.16. The lowest BCUT2D eigenvalue weighted by Gasteiger charge is -2.08. The lowest BCUT2D eigenvalue weighted by Crippen LogP contribution is -2.26. The molecule has 100 valence electrons. The number of rotatable bonds is 5. The van der Waals surface area contributed by atoms with Crippen LogP contribution >= 0.6 is 0 Å². The van der Waals surface area contributed by atoms with Gasteiger partial charge in [-0.05, 0) is 30.7 Å². The molecule has 2 aromatic rings. The maximum Gasteiger partial charge on any atom is 0.253 e. The summed E-state index contributed by atoms with van der Waals surface area (Å²) in [7, 11) is 0. The second-order valence-corrected chi connectivity index (χ2v) is 4.15. The fourth-order valence-corrected chi connectivity index (χ4v) is 1.71. The molecule has 1 aromatic carbocycles. The highest BCUT2D eigenvalue weighted by Gasteiger charge is 2.09. The summed E-state index contributed by atoms with van der Waals surface area (Å²) in [5, 5.41) is 16.2. The third-order valence-corrected chi connectivity index (χ3v) is 2.69. The van der Waals surface area contributed by atoms with E-state index >= 15 is 0 Å². The van der Waals surface area contributed by atoms with E-state index in [-0.39, 0.29) is 11.7 Å². The van der Waals surface area contributed by atoms with Crippen LogP contribution in [0.1, 0.15) is 16.8 Å². The molecule has 6 nitrogen and oxygen atoms in total. The van der Waals surface area contributed by atoms with Crippen molar-refractivity contribution in [1.82, 2.24) is 15.1 Å². The molecule has 0 bridgehead atoms. The number of amides is 1. The first-order valence-electron chi connectivity index (χ1n) is 6.01. The highest BCUT2D eigenvalue weighted by Crippen LogP contribution is 2.18. The zero-order valence-corrected chi connectivity index (χ0v) is 10.4. The smallest absolute Gasteiger partial charge is 0.253 e. The van der Waals surface area contributed by atoms with Gasteiger partial charge in [-0.3, -0.25) is 9.48 Å². The van der Waals surface area contributed by atoms with Gasteiger partial charge < -0.3 is 16.2 Å². The topological polar surface area (TPSA) is 93.2 Å². The first-order valence-corrected chi connectivity index (χ1v) is 6.01. The summed E-state index contributed by atoms with van der Waals surface area (Å²) >= 11 is 0. The van der Waals surface area contributed by atoms with Crippen molar-refractivity contribution in [2.75, 3.05) is 12.3 Å². The Morgan fingerprint density at radius 1 is 1.47 bits per heavy atom. The number of phenolic OH excluding ortho intramolecular Hbond substituents is 1. The minimum absolute atomic E-state index is 0.0240. The zero-order chi connectivity index (χ0) is 13.7. The van der Waals surface area contributed by atoms with E-state index in [9.17, 15) is 9.90 Å². The predicted molar refractivity (Wildman–Crippen MR) is 71.7 cm³/mol. The number of nitrogens with one attached hydrogen (secondary N) is 1. The molecule has 0 spiro atoms. The molecule has 2 rings (SSSR count). The number of benzene rings is 1. The van der Waals surface area contributed by atoms with Crippen molar-refractivity contribution in [3.63, 3.8) is 0 Å². The Balaban J connectivity index is 1.82. The van der Waals surface area contributed by atoms with E-state index in [1.54, 1.807) is 10.9 Å². The van der Waals surface area contributed by atoms with Crippen LogP contribution in [-0.2, 0) is 6.54 Å². The highest BCUT2D eigenvalue weighted by atomic mass is 16.3. The third kappa shape index (κ3) is 3.48. The number of nitrogens with two attached hydrogens (primary N) is 1. The molecule has 0 aliphatic heterocycles. The van der Waals surface area contributed by atoms with Gasteiger partial charge in [-0.2, -0.15) is 5.10 Å². The molecule has 0 saturated heterocycles. The molecule has 0 saturated carbocycles. The van der Waals surface area contributed by atoms with Crippen LogP contribution in [0, 0.1) is 0 Å². The van der Waals surface area contributed by atoms with Crippen molar-refractivity contribution in [2.24, 2.45) is 0 Å². The Hall–Kier alpha value is -2.50. The molecule has 1 aromatic heterocycles. The summed E-state index contributed by atoms with van der Waals surface area (Å²) < 4.78 is 1.80. The number of nitrogens with zero attached hydrogens (tertiary/aromatic N) is 2. The number of hydrogen-bond acceptors (Lipinski definition) is 4. The van der Waals surface area contributed by atoms with Crippen LogP contribution in [0.4, 0.5) is 5.69 Å². The fraction of sp³-hybridized carbons (Fsp3) is 0.231. The highest BCUT2D eigenvalue weighted by molar-refractivity contribution is 5.99. The Bertz CT molecular complexity index is 552. The van der Waals surface area contributed by atoms with Crippen molar-refractivity contribution < 1.29 is 9.90 Å². The summed E-state index contributed by atoms with van der Waals surface area (Å²) in [5.41, 5.74) is 6.33. The Morgan fingerprint density at radius 2 is 2.32 bits per heavy atom. The molecule has 19 heavy (non-hydrogen) atoms. The molecule has 0 radical (unpaired) electrons. The Kier molecular flexibility index (Phi) is 4.02. The Morgan fingerprint density at radius 3 is 3.05 bits per heavy atom. The van der Waals surface area contributed by atoms with Gasteiger partial charge in [0.25, 0.3) is 5.91 Å². The van der Waals surface area contributed by atoms with Crippen LogP contribution in [-0.4, -0.2) is 27.3 Å². The number of nitrogen functional groups attached to an aromatic ring is 1. The van der Waals surface area contributed by atoms with Gasteiger partial charge in [0.2, 0.25) is 0 Å². The van der Waals surface area contributed by atoms with Gasteiger partial charge in [-0.15, -0.1) is 0 Å². The maximum atomic E-state index is 11.9. The lowest BCUT2D eigenvalue weighted by atomic mass is 10.1. The number of aromatic hydroxyl groups is 1. The van der Waals surface area contributed by atoms with Gasteiger partial charge in [0, 0.05) is 31.2 Å². The molecule has 0 fully saturated rings. The largest absolute Gasteiger partial charge is 0.508 e. The molecule has 4 N–H and O–H groups in total. The summed E-state index contributed by atoms with van der Waals surface area (Å²) in [5.74, 6) is -0.259. The normalized spacial score (nSPS) is 10.3. The van der Waals surface area contributed by atoms with E-state index in [0.29, 0.717) is 17.8 Å². The Labute approximate surface area is 110 Å². The molecule has 0 atom stereocenters. The lowest BCUT2D eigenvalue weighted by molar-refractivity contribution is 0.0953. The number of anilines is 1. The van der Waals surface area contributed by atoms with Crippen molar-refractivity contribution in [1.29, 1.82) is 0 Å². The monoisotopic (exact) mass is 260 g/mol. The van der Waals surface area contributed by atoms with Crippen LogP contribution in [0.5, 0.6) is 5.75 Å². The molecule has 0 aliphatic carbocycles. The summed E-state index contributed by atoms with van der Waals surface area (Å²) in [6, 6.07) is 6.17. The van der Waals surface area contributed by atoms with E-state index in [4.69, 9.17) is 5.73 Å². The van der Waals surface area contributed by atoms with Crippen molar-refractivity contribution >= 4 is 11.6 Å². The minimum atomic E-state index is -0.283. The van der Waals surface area contributed by atoms with Gasteiger partial charge in [-0.1, -0.05) is 0 Å². The van der Waals surface area contributed by atoms with E-state index < -0.39 is 0 Å². The summed E-state index contributed by atoms with van der Waals surface area (Å²) in [6.45, 7) is 1.26. The standard InChI is InChI=1S/C13H16N4O2/c14-12-4-3-10(18)9-11(12)13(19)15-5-1-7-17-8-2-6-16-17/h2-4,6,8-9,18H,1,5,7,14H2,(H,15,19). The van der Waals surface area contributed by atoms with Crippen LogP contribution in [0.15, 0.2) is 36.7 Å². The van der Waals surface area contributed by atoms with E-state index in [1.165, 1.54) is 18.2 Å². The van der Waals surface area contributed by atoms with Gasteiger partial charge in [-0.25, -0.2) is 0 Å². The van der Waals surface area contributed by atoms with E-state index in [0.717, 1.165) is 13.0 Å². The molecule has 6 heteroatoms. The van der Waals surface area contributed by atoms with Crippen LogP contribution in [0.3, 0.4) is 0 Å². The van der Waals surface area contributed by atoms with Gasteiger partial charge in [0.15, 0.2) is 0 Å².